The Hall–Kier alpha value is -1.40. The maximum absolute atomic E-state index is 13.1. The topological polar surface area (TPSA) is 49.8 Å². The molecule has 0 unspecified atom stereocenters. The molecule has 0 aliphatic heterocycles. The Balaban J connectivity index is 2.28. The van der Waals surface area contributed by atoms with Crippen LogP contribution in [0.25, 0.3) is 0 Å². The van der Waals surface area contributed by atoms with Gasteiger partial charge in [-0.15, -0.1) is 0 Å². The van der Waals surface area contributed by atoms with Crippen LogP contribution in [0.2, 0.25) is 5.02 Å². The minimum absolute atomic E-state index is 0.274. The zero-order valence-corrected chi connectivity index (χ0v) is 12.4. The van der Waals surface area contributed by atoms with E-state index in [4.69, 9.17) is 11.6 Å². The maximum Gasteiger partial charge on any atom is 0.135 e. The van der Waals surface area contributed by atoms with E-state index in [0.717, 1.165) is 6.54 Å². The van der Waals surface area contributed by atoms with Crippen LogP contribution >= 0.6 is 27.5 Å². The summed E-state index contributed by atoms with van der Waals surface area (Å²) in [6.45, 7) is 2.74. The average molecular weight is 346 g/mol. The first-order valence-corrected chi connectivity index (χ1v) is 6.74. The zero-order valence-electron chi connectivity index (χ0n) is 10.0. The van der Waals surface area contributed by atoms with E-state index in [1.165, 1.54) is 18.5 Å². The van der Waals surface area contributed by atoms with E-state index in [1.54, 1.807) is 6.07 Å². The molecular weight excluding hydrogens is 335 g/mol. The predicted molar refractivity (Wildman–Crippen MR) is 78.6 cm³/mol. The van der Waals surface area contributed by atoms with Crippen LogP contribution in [-0.4, -0.2) is 16.5 Å². The second kappa shape index (κ2) is 6.16. The Morgan fingerprint density at radius 1 is 1.26 bits per heavy atom. The summed E-state index contributed by atoms with van der Waals surface area (Å²) in [6.07, 6.45) is 1.44. The summed E-state index contributed by atoms with van der Waals surface area (Å²) in [5, 5.41) is 6.38. The van der Waals surface area contributed by atoms with Crippen molar-refractivity contribution in [3.63, 3.8) is 0 Å². The fourth-order valence-electron chi connectivity index (χ4n) is 1.49. The van der Waals surface area contributed by atoms with Gasteiger partial charge in [-0.05, 0) is 35.0 Å². The molecule has 1 aromatic heterocycles. The number of nitrogens with zero attached hydrogens (tertiary/aromatic N) is 2. The third-order valence-electron chi connectivity index (χ3n) is 2.28. The highest BCUT2D eigenvalue weighted by Crippen LogP contribution is 2.33. The molecule has 19 heavy (non-hydrogen) atoms. The van der Waals surface area contributed by atoms with E-state index in [0.29, 0.717) is 21.8 Å². The summed E-state index contributed by atoms with van der Waals surface area (Å²) in [5.41, 5.74) is 0.559. The van der Waals surface area contributed by atoms with E-state index in [9.17, 15) is 4.39 Å². The molecule has 1 heterocycles. The van der Waals surface area contributed by atoms with E-state index < -0.39 is 5.82 Å². The van der Waals surface area contributed by atoms with Crippen LogP contribution in [0.1, 0.15) is 6.92 Å². The molecule has 2 aromatic rings. The van der Waals surface area contributed by atoms with Crippen molar-refractivity contribution in [1.82, 2.24) is 9.97 Å². The lowest BCUT2D eigenvalue weighted by Gasteiger charge is -2.11. The summed E-state index contributed by atoms with van der Waals surface area (Å²) in [4.78, 5) is 8.15. The first-order chi connectivity index (χ1) is 9.10. The van der Waals surface area contributed by atoms with Crippen molar-refractivity contribution >= 4 is 44.9 Å². The van der Waals surface area contributed by atoms with Crippen LogP contribution in [-0.2, 0) is 0 Å². The molecule has 1 aromatic carbocycles. The monoisotopic (exact) mass is 344 g/mol. The Morgan fingerprint density at radius 2 is 2.00 bits per heavy atom. The number of nitrogens with one attached hydrogen (secondary N) is 2. The van der Waals surface area contributed by atoms with Gasteiger partial charge < -0.3 is 10.6 Å². The highest BCUT2D eigenvalue weighted by molar-refractivity contribution is 9.10. The quantitative estimate of drug-likeness (QED) is 0.871. The molecule has 4 nitrogen and oxygen atoms in total. The fraction of sp³-hybridized carbons (Fsp3) is 0.167. The van der Waals surface area contributed by atoms with Crippen molar-refractivity contribution in [2.24, 2.45) is 0 Å². The molecule has 0 saturated carbocycles. The van der Waals surface area contributed by atoms with Gasteiger partial charge >= 0.3 is 0 Å². The van der Waals surface area contributed by atoms with E-state index in [1.807, 2.05) is 6.92 Å². The molecule has 0 spiro atoms. The first-order valence-electron chi connectivity index (χ1n) is 5.57. The van der Waals surface area contributed by atoms with Gasteiger partial charge in [-0.3, -0.25) is 0 Å². The highest BCUT2D eigenvalue weighted by Gasteiger charge is 2.09. The lowest BCUT2D eigenvalue weighted by Crippen LogP contribution is -2.02. The van der Waals surface area contributed by atoms with Crippen LogP contribution in [0.3, 0.4) is 0 Å². The molecule has 2 N–H and O–H groups in total. The molecule has 7 heteroatoms. The van der Waals surface area contributed by atoms with Gasteiger partial charge in [-0.1, -0.05) is 11.6 Å². The molecular formula is C12H11BrClFN4. The van der Waals surface area contributed by atoms with Gasteiger partial charge in [0.25, 0.3) is 0 Å². The number of aromatic nitrogens is 2. The summed E-state index contributed by atoms with van der Waals surface area (Å²) in [7, 11) is 0. The lowest BCUT2D eigenvalue weighted by atomic mass is 10.3. The smallest absolute Gasteiger partial charge is 0.135 e. The van der Waals surface area contributed by atoms with Gasteiger partial charge in [0.05, 0.1) is 10.7 Å². The molecule has 0 saturated heterocycles. The molecule has 0 atom stereocenters. The average Bonchev–Trinajstić information content (AvgIpc) is 2.35. The number of halogens is 3. The molecule has 0 bridgehead atoms. The Kier molecular flexibility index (Phi) is 4.55. The highest BCUT2D eigenvalue weighted by atomic mass is 79.9. The number of hydrogen-bond donors (Lipinski definition) is 2. The summed E-state index contributed by atoms with van der Waals surface area (Å²) >= 11 is 9.25. The van der Waals surface area contributed by atoms with Gasteiger partial charge in [0, 0.05) is 17.1 Å². The van der Waals surface area contributed by atoms with Gasteiger partial charge in [0.2, 0.25) is 0 Å². The second-order valence-electron chi connectivity index (χ2n) is 3.69. The molecule has 0 aliphatic rings. The Bertz CT molecular complexity index is 571. The van der Waals surface area contributed by atoms with Crippen molar-refractivity contribution < 1.29 is 4.39 Å². The third kappa shape index (κ3) is 3.54. The standard InChI is InChI=1S/C12H11BrClFN4/c1-2-16-10-5-11(18-6-17-10)19-12-8(13)3-7(15)4-9(12)14/h3-6H,2H2,1H3,(H2,16,17,18,19). The molecule has 0 amide bonds. The van der Waals surface area contributed by atoms with Crippen molar-refractivity contribution in [1.29, 1.82) is 0 Å². The van der Waals surface area contributed by atoms with Crippen LogP contribution in [0.5, 0.6) is 0 Å². The SMILES string of the molecule is CCNc1cc(Nc2c(Cl)cc(F)cc2Br)ncn1. The van der Waals surface area contributed by atoms with Gasteiger partial charge in [0.1, 0.15) is 23.8 Å². The van der Waals surface area contributed by atoms with E-state index in [2.05, 4.69) is 36.5 Å². The Morgan fingerprint density at radius 3 is 2.68 bits per heavy atom. The van der Waals surface area contributed by atoms with Gasteiger partial charge in [-0.2, -0.15) is 0 Å². The molecule has 0 fully saturated rings. The number of anilines is 3. The van der Waals surface area contributed by atoms with Crippen molar-refractivity contribution in [3.8, 4) is 0 Å². The largest absolute Gasteiger partial charge is 0.370 e. The lowest BCUT2D eigenvalue weighted by molar-refractivity contribution is 0.627. The van der Waals surface area contributed by atoms with Crippen LogP contribution in [0.15, 0.2) is 29.0 Å². The summed E-state index contributed by atoms with van der Waals surface area (Å²) in [6, 6.07) is 4.32. The van der Waals surface area contributed by atoms with E-state index >= 15 is 0 Å². The van der Waals surface area contributed by atoms with Gasteiger partial charge in [-0.25, -0.2) is 14.4 Å². The number of hydrogen-bond acceptors (Lipinski definition) is 4. The summed E-state index contributed by atoms with van der Waals surface area (Å²) in [5.74, 6) is 0.868. The van der Waals surface area contributed by atoms with E-state index in [-0.39, 0.29) is 5.02 Å². The second-order valence-corrected chi connectivity index (χ2v) is 4.95. The number of rotatable bonds is 4. The van der Waals surface area contributed by atoms with Crippen molar-refractivity contribution in [3.05, 3.63) is 39.8 Å². The van der Waals surface area contributed by atoms with Crippen LogP contribution < -0.4 is 10.6 Å². The predicted octanol–water partition coefficient (Wildman–Crippen LogP) is 4.21. The normalized spacial score (nSPS) is 10.3. The molecule has 0 radical (unpaired) electrons. The molecule has 0 aliphatic carbocycles. The maximum atomic E-state index is 13.1. The van der Waals surface area contributed by atoms with Crippen molar-refractivity contribution in [2.45, 2.75) is 6.92 Å². The minimum Gasteiger partial charge on any atom is -0.370 e. The van der Waals surface area contributed by atoms with Gasteiger partial charge in [0.15, 0.2) is 0 Å². The fourth-order valence-corrected chi connectivity index (χ4v) is 2.39. The summed E-state index contributed by atoms with van der Waals surface area (Å²) < 4.78 is 13.7. The zero-order chi connectivity index (χ0) is 13.8. The van der Waals surface area contributed by atoms with Crippen molar-refractivity contribution in [2.75, 3.05) is 17.2 Å². The molecule has 100 valence electrons. The first kappa shape index (κ1) is 14.0. The number of benzene rings is 1. The molecule has 2 rings (SSSR count). The van der Waals surface area contributed by atoms with Crippen LogP contribution in [0.4, 0.5) is 21.7 Å². The van der Waals surface area contributed by atoms with Crippen LogP contribution in [0, 0.1) is 5.82 Å². The Labute approximate surface area is 123 Å². The third-order valence-corrected chi connectivity index (χ3v) is 3.21. The minimum atomic E-state index is -0.404.